The maximum absolute atomic E-state index is 13.2. The van der Waals surface area contributed by atoms with Crippen molar-refractivity contribution in [1.82, 2.24) is 0 Å². The number of sulfonamides is 2. The molecule has 10 heteroatoms. The van der Waals surface area contributed by atoms with Gasteiger partial charge < -0.3 is 4.74 Å². The number of nitrogens with zero attached hydrogens (tertiary/aromatic N) is 1. The van der Waals surface area contributed by atoms with E-state index in [1.165, 1.54) is 19.2 Å². The van der Waals surface area contributed by atoms with Crippen LogP contribution in [0.3, 0.4) is 0 Å². The fourth-order valence-electron chi connectivity index (χ4n) is 3.56. The Labute approximate surface area is 183 Å². The average Bonchev–Trinajstić information content (AvgIpc) is 2.83. The lowest BCUT2D eigenvalue weighted by Crippen LogP contribution is -2.33. The first-order valence-corrected chi connectivity index (χ1v) is 12.8. The summed E-state index contributed by atoms with van der Waals surface area (Å²) in [6, 6.07) is 10.9. The van der Waals surface area contributed by atoms with Gasteiger partial charge in [0.25, 0.3) is 10.0 Å². The van der Waals surface area contributed by atoms with E-state index >= 15 is 0 Å². The summed E-state index contributed by atoms with van der Waals surface area (Å²) in [4.78, 5) is 12.5. The molecule has 2 aromatic rings. The van der Waals surface area contributed by atoms with Crippen LogP contribution >= 0.6 is 0 Å². The van der Waals surface area contributed by atoms with Crippen molar-refractivity contribution in [3.63, 3.8) is 0 Å². The van der Waals surface area contributed by atoms with Crippen molar-refractivity contribution in [3.05, 3.63) is 48.0 Å². The van der Waals surface area contributed by atoms with Gasteiger partial charge in [-0.1, -0.05) is 32.0 Å². The molecule has 1 saturated heterocycles. The fraction of sp³-hybridized carbons (Fsp3) is 0.381. The first-order valence-electron chi connectivity index (χ1n) is 9.67. The van der Waals surface area contributed by atoms with E-state index in [1.54, 1.807) is 26.0 Å². The van der Waals surface area contributed by atoms with Crippen molar-refractivity contribution in [2.45, 2.75) is 38.5 Å². The molecule has 1 amide bonds. The van der Waals surface area contributed by atoms with Crippen LogP contribution in [0.5, 0.6) is 5.75 Å². The summed E-state index contributed by atoms with van der Waals surface area (Å²) < 4.78 is 60.2. The molecule has 2 aromatic carbocycles. The van der Waals surface area contributed by atoms with Gasteiger partial charge in [-0.3, -0.25) is 9.52 Å². The van der Waals surface area contributed by atoms with Gasteiger partial charge in [-0.2, -0.15) is 0 Å². The summed E-state index contributed by atoms with van der Waals surface area (Å²) in [7, 11) is -6.77. The van der Waals surface area contributed by atoms with Crippen molar-refractivity contribution in [3.8, 4) is 5.75 Å². The molecule has 0 unspecified atom stereocenters. The summed E-state index contributed by atoms with van der Waals surface area (Å²) in [5.41, 5.74) is 0.0665. The standard InChI is InChI=1S/C21H26N2O6S2/c1-14(2)16-8-6-7-9-17(16)22-31(27,28)19-12-15(10-11-18(19)29-5)23-20(24)21(3,4)13-30(23,25)26/h6-12,14,22H,13H2,1-5H3. The molecule has 0 bridgehead atoms. The topological polar surface area (TPSA) is 110 Å². The van der Waals surface area contributed by atoms with E-state index < -0.39 is 31.4 Å². The van der Waals surface area contributed by atoms with Crippen molar-refractivity contribution in [2.75, 3.05) is 21.9 Å². The van der Waals surface area contributed by atoms with Crippen molar-refractivity contribution < 1.29 is 26.4 Å². The van der Waals surface area contributed by atoms with Gasteiger partial charge in [-0.15, -0.1) is 0 Å². The minimum atomic E-state index is -4.16. The van der Waals surface area contributed by atoms with Crippen LogP contribution in [0, 0.1) is 5.41 Å². The highest BCUT2D eigenvalue weighted by atomic mass is 32.2. The molecule has 1 aliphatic heterocycles. The first kappa shape index (κ1) is 23.1. The quantitative estimate of drug-likeness (QED) is 0.699. The summed E-state index contributed by atoms with van der Waals surface area (Å²) in [5, 5.41) is 0. The van der Waals surface area contributed by atoms with Gasteiger partial charge in [-0.05, 0) is 49.6 Å². The Balaban J connectivity index is 2.11. The third kappa shape index (κ3) is 4.27. The monoisotopic (exact) mass is 466 g/mol. The lowest BCUT2D eigenvalue weighted by atomic mass is 9.95. The number of hydrogen-bond acceptors (Lipinski definition) is 6. The van der Waals surface area contributed by atoms with Gasteiger partial charge in [-0.25, -0.2) is 21.1 Å². The van der Waals surface area contributed by atoms with E-state index in [4.69, 9.17) is 4.74 Å². The SMILES string of the molecule is COc1ccc(N2C(=O)C(C)(C)CS2(=O)=O)cc1S(=O)(=O)Nc1ccccc1C(C)C. The Morgan fingerprint density at radius 3 is 2.32 bits per heavy atom. The van der Waals surface area contributed by atoms with Crippen molar-refractivity contribution >= 4 is 37.3 Å². The number of ether oxygens (including phenoxy) is 1. The van der Waals surface area contributed by atoms with Crippen LogP contribution in [0.1, 0.15) is 39.2 Å². The molecule has 3 rings (SSSR count). The highest BCUT2D eigenvalue weighted by molar-refractivity contribution is 7.94. The second-order valence-electron chi connectivity index (χ2n) is 8.39. The van der Waals surface area contributed by atoms with E-state index in [9.17, 15) is 21.6 Å². The van der Waals surface area contributed by atoms with E-state index in [0.717, 1.165) is 11.6 Å². The van der Waals surface area contributed by atoms with Crippen LogP contribution in [0.2, 0.25) is 0 Å². The van der Waals surface area contributed by atoms with Gasteiger partial charge in [0, 0.05) is 0 Å². The van der Waals surface area contributed by atoms with Gasteiger partial charge in [0.15, 0.2) is 0 Å². The zero-order valence-electron chi connectivity index (χ0n) is 18.0. The fourth-order valence-corrected chi connectivity index (χ4v) is 6.93. The predicted molar refractivity (Wildman–Crippen MR) is 119 cm³/mol. The molecule has 1 aliphatic rings. The van der Waals surface area contributed by atoms with Crippen molar-refractivity contribution in [1.29, 1.82) is 0 Å². The lowest BCUT2D eigenvalue weighted by Gasteiger charge is -2.20. The molecule has 0 radical (unpaired) electrons. The third-order valence-corrected chi connectivity index (χ3v) is 8.49. The van der Waals surface area contributed by atoms with Crippen LogP contribution in [0.25, 0.3) is 0 Å². The van der Waals surface area contributed by atoms with Crippen LogP contribution in [0.4, 0.5) is 11.4 Å². The van der Waals surface area contributed by atoms with Crippen LogP contribution < -0.4 is 13.8 Å². The lowest BCUT2D eigenvalue weighted by molar-refractivity contribution is -0.123. The maximum atomic E-state index is 13.2. The van der Waals surface area contributed by atoms with Gasteiger partial charge in [0.1, 0.15) is 10.6 Å². The Bertz CT molecular complexity index is 1230. The zero-order valence-corrected chi connectivity index (χ0v) is 19.7. The molecule has 168 valence electrons. The van der Waals surface area contributed by atoms with E-state index in [1.807, 2.05) is 26.0 Å². The van der Waals surface area contributed by atoms with Crippen molar-refractivity contribution in [2.24, 2.45) is 5.41 Å². The number of methoxy groups -OCH3 is 1. The predicted octanol–water partition coefficient (Wildman–Crippen LogP) is 3.32. The smallest absolute Gasteiger partial charge is 0.265 e. The van der Waals surface area contributed by atoms with Crippen LogP contribution in [-0.4, -0.2) is 35.6 Å². The Kier molecular flexibility index (Phi) is 5.83. The zero-order chi connectivity index (χ0) is 23.2. The third-order valence-electron chi connectivity index (χ3n) is 5.08. The number of benzene rings is 2. The van der Waals surface area contributed by atoms with E-state index in [-0.39, 0.29) is 28.0 Å². The first-order chi connectivity index (χ1) is 14.3. The molecule has 0 aliphatic carbocycles. The van der Waals surface area contributed by atoms with Crippen LogP contribution in [-0.2, 0) is 24.8 Å². The number of rotatable bonds is 6. The molecule has 0 spiro atoms. The van der Waals surface area contributed by atoms with E-state index in [0.29, 0.717) is 9.99 Å². The molecule has 0 saturated carbocycles. The molecule has 0 aromatic heterocycles. The molecule has 31 heavy (non-hydrogen) atoms. The number of nitrogens with one attached hydrogen (secondary N) is 1. The highest BCUT2D eigenvalue weighted by Gasteiger charge is 2.50. The van der Waals surface area contributed by atoms with Crippen LogP contribution in [0.15, 0.2) is 47.4 Å². The molecule has 8 nitrogen and oxygen atoms in total. The molecule has 1 fully saturated rings. The average molecular weight is 467 g/mol. The Morgan fingerprint density at radius 1 is 1.13 bits per heavy atom. The number of hydrogen-bond donors (Lipinski definition) is 1. The number of amides is 1. The molecule has 1 N–H and O–H groups in total. The van der Waals surface area contributed by atoms with E-state index in [2.05, 4.69) is 4.72 Å². The van der Waals surface area contributed by atoms with Gasteiger partial charge in [0.05, 0.1) is 29.7 Å². The highest BCUT2D eigenvalue weighted by Crippen LogP contribution is 2.39. The second-order valence-corrected chi connectivity index (χ2v) is 11.9. The second kappa shape index (κ2) is 7.83. The molecular formula is C21H26N2O6S2. The summed E-state index contributed by atoms with van der Waals surface area (Å²) in [6.45, 7) is 6.97. The Morgan fingerprint density at radius 2 is 1.77 bits per heavy atom. The number of carbonyl (C=O) groups is 1. The maximum Gasteiger partial charge on any atom is 0.265 e. The largest absolute Gasteiger partial charge is 0.495 e. The number of anilines is 2. The molecule has 0 atom stereocenters. The summed E-state index contributed by atoms with van der Waals surface area (Å²) in [6.07, 6.45) is 0. The Hall–Kier alpha value is -2.59. The molecule has 1 heterocycles. The number of carbonyl (C=O) groups excluding carboxylic acids is 1. The number of para-hydroxylation sites is 1. The molecular weight excluding hydrogens is 440 g/mol. The summed E-state index contributed by atoms with van der Waals surface area (Å²) >= 11 is 0. The minimum absolute atomic E-state index is 0.0292. The summed E-state index contributed by atoms with van der Waals surface area (Å²) in [5.74, 6) is -0.866. The minimum Gasteiger partial charge on any atom is -0.495 e. The van der Waals surface area contributed by atoms with Gasteiger partial charge in [0.2, 0.25) is 15.9 Å². The normalized spacial score (nSPS) is 17.7. The van der Waals surface area contributed by atoms with Gasteiger partial charge >= 0.3 is 0 Å².